The van der Waals surface area contributed by atoms with Gasteiger partial charge in [0.1, 0.15) is 5.69 Å². The van der Waals surface area contributed by atoms with Crippen LogP contribution in [-0.2, 0) is 0 Å². The van der Waals surface area contributed by atoms with Gasteiger partial charge in [-0.1, -0.05) is 6.07 Å². The summed E-state index contributed by atoms with van der Waals surface area (Å²) in [5, 5.41) is 14.4. The molecule has 0 fully saturated rings. The lowest BCUT2D eigenvalue weighted by Crippen LogP contribution is -2.08. The molecule has 1 aromatic heterocycles. The van der Waals surface area contributed by atoms with Crippen LogP contribution in [0.4, 0.5) is 11.4 Å². The van der Waals surface area contributed by atoms with Crippen LogP contribution >= 0.6 is 11.3 Å². The first-order chi connectivity index (χ1) is 9.38. The molecular formula is C15H18N2O2S. The van der Waals surface area contributed by atoms with Crippen molar-refractivity contribution in [2.45, 2.75) is 33.7 Å². The fourth-order valence-electron chi connectivity index (χ4n) is 2.32. The topological polar surface area (TPSA) is 55.2 Å². The van der Waals surface area contributed by atoms with E-state index in [1.54, 1.807) is 23.5 Å². The Hall–Kier alpha value is -1.88. The van der Waals surface area contributed by atoms with Gasteiger partial charge in [0.2, 0.25) is 0 Å². The van der Waals surface area contributed by atoms with E-state index in [9.17, 15) is 10.1 Å². The molecule has 0 aliphatic carbocycles. The van der Waals surface area contributed by atoms with Crippen molar-refractivity contribution in [1.82, 2.24) is 0 Å². The number of benzene rings is 1. The van der Waals surface area contributed by atoms with Gasteiger partial charge in [0.25, 0.3) is 5.69 Å². The molecule has 0 aliphatic rings. The minimum Gasteiger partial charge on any atom is -0.373 e. The number of thiophene rings is 1. The number of nitrogens with one attached hydrogen (secondary N) is 1. The van der Waals surface area contributed by atoms with Gasteiger partial charge in [-0.25, -0.2) is 0 Å². The van der Waals surface area contributed by atoms with Crippen LogP contribution in [0.3, 0.4) is 0 Å². The summed E-state index contributed by atoms with van der Waals surface area (Å²) in [6.45, 7) is 8.11. The fraction of sp³-hybridized carbons (Fsp3) is 0.333. The van der Waals surface area contributed by atoms with Crippen LogP contribution in [0.25, 0.3) is 0 Å². The maximum Gasteiger partial charge on any atom is 0.292 e. The highest BCUT2D eigenvalue weighted by atomic mass is 32.1. The Labute approximate surface area is 122 Å². The zero-order valence-electron chi connectivity index (χ0n) is 12.1. The van der Waals surface area contributed by atoms with E-state index >= 15 is 0 Å². The lowest BCUT2D eigenvalue weighted by Gasteiger charge is -2.16. The zero-order valence-corrected chi connectivity index (χ0v) is 12.9. The molecule has 0 amide bonds. The van der Waals surface area contributed by atoms with Gasteiger partial charge in [-0.15, -0.1) is 11.3 Å². The second-order valence-corrected chi connectivity index (χ2v) is 6.47. The molecule has 20 heavy (non-hydrogen) atoms. The van der Waals surface area contributed by atoms with Gasteiger partial charge in [-0.2, -0.15) is 0 Å². The molecule has 0 spiro atoms. The van der Waals surface area contributed by atoms with Crippen LogP contribution in [-0.4, -0.2) is 4.92 Å². The van der Waals surface area contributed by atoms with Crippen molar-refractivity contribution < 1.29 is 4.92 Å². The Bertz CT molecular complexity index is 649. The van der Waals surface area contributed by atoms with E-state index in [2.05, 4.69) is 25.2 Å². The van der Waals surface area contributed by atoms with Gasteiger partial charge in [0.15, 0.2) is 0 Å². The second-order valence-electron chi connectivity index (χ2n) is 5.01. The van der Waals surface area contributed by atoms with Gasteiger partial charge in [-0.3, -0.25) is 10.1 Å². The number of nitro groups is 1. The van der Waals surface area contributed by atoms with Crippen molar-refractivity contribution in [3.05, 3.63) is 55.3 Å². The number of nitrogens with zero attached hydrogens (tertiary/aromatic N) is 1. The van der Waals surface area contributed by atoms with Gasteiger partial charge in [0, 0.05) is 21.9 Å². The van der Waals surface area contributed by atoms with Gasteiger partial charge in [-0.05, 0) is 51.0 Å². The van der Waals surface area contributed by atoms with Crippen molar-refractivity contribution in [2.75, 3.05) is 5.32 Å². The van der Waals surface area contributed by atoms with Gasteiger partial charge in [0.05, 0.1) is 4.92 Å². The maximum absolute atomic E-state index is 11.1. The van der Waals surface area contributed by atoms with Crippen molar-refractivity contribution in [2.24, 2.45) is 0 Å². The summed E-state index contributed by atoms with van der Waals surface area (Å²) >= 11 is 1.75. The highest BCUT2D eigenvalue weighted by Gasteiger charge is 2.17. The van der Waals surface area contributed by atoms with E-state index < -0.39 is 0 Å². The third-order valence-corrected chi connectivity index (χ3v) is 4.25. The third-order valence-electron chi connectivity index (χ3n) is 3.27. The van der Waals surface area contributed by atoms with Crippen LogP contribution in [0.2, 0.25) is 0 Å². The predicted octanol–water partition coefficient (Wildman–Crippen LogP) is 4.75. The smallest absolute Gasteiger partial charge is 0.292 e. The van der Waals surface area contributed by atoms with Crippen LogP contribution in [0.15, 0.2) is 24.3 Å². The Morgan fingerprint density at radius 1 is 1.25 bits per heavy atom. The standard InChI is InChI=1S/C15H18N2O2S/c1-9-5-6-15(17(18)19)14(7-9)16-11(3)13-8-10(2)20-12(13)4/h5-8,11,16H,1-4H3. The highest BCUT2D eigenvalue weighted by Crippen LogP contribution is 2.32. The molecule has 0 bridgehead atoms. The minimum atomic E-state index is -0.347. The Kier molecular flexibility index (Phi) is 4.09. The Balaban J connectivity index is 2.32. The Morgan fingerprint density at radius 2 is 1.95 bits per heavy atom. The molecule has 4 nitrogen and oxygen atoms in total. The molecule has 0 saturated heterocycles. The molecule has 1 atom stereocenters. The predicted molar refractivity (Wildman–Crippen MR) is 83.7 cm³/mol. The van der Waals surface area contributed by atoms with E-state index in [1.807, 2.05) is 19.9 Å². The van der Waals surface area contributed by atoms with Crippen LogP contribution in [0.1, 0.15) is 33.8 Å². The van der Waals surface area contributed by atoms with Crippen LogP contribution in [0.5, 0.6) is 0 Å². The average molecular weight is 290 g/mol. The largest absolute Gasteiger partial charge is 0.373 e. The summed E-state index contributed by atoms with van der Waals surface area (Å²) in [6.07, 6.45) is 0. The summed E-state index contributed by atoms with van der Waals surface area (Å²) in [6, 6.07) is 7.31. The number of nitro benzene ring substituents is 1. The number of aryl methyl sites for hydroxylation is 3. The Morgan fingerprint density at radius 3 is 2.50 bits per heavy atom. The van der Waals surface area contributed by atoms with E-state index in [4.69, 9.17) is 0 Å². The summed E-state index contributed by atoms with van der Waals surface area (Å²) in [5.41, 5.74) is 2.89. The molecule has 1 unspecified atom stereocenters. The van der Waals surface area contributed by atoms with E-state index in [1.165, 1.54) is 15.3 Å². The highest BCUT2D eigenvalue weighted by molar-refractivity contribution is 7.12. The first kappa shape index (κ1) is 14.5. The lowest BCUT2D eigenvalue weighted by atomic mass is 10.1. The molecule has 5 heteroatoms. The molecule has 106 valence electrons. The molecular weight excluding hydrogens is 272 g/mol. The SMILES string of the molecule is Cc1ccc([N+](=O)[O-])c(NC(C)c2cc(C)sc2C)c1. The van der Waals surface area contributed by atoms with Crippen LogP contribution in [0, 0.1) is 30.9 Å². The molecule has 0 aliphatic heterocycles. The minimum absolute atomic E-state index is 0.0421. The fourth-order valence-corrected chi connectivity index (χ4v) is 3.34. The van der Waals surface area contributed by atoms with Crippen molar-refractivity contribution in [3.63, 3.8) is 0 Å². The normalized spacial score (nSPS) is 12.2. The molecule has 1 N–H and O–H groups in total. The van der Waals surface area contributed by atoms with Crippen molar-refractivity contribution in [3.8, 4) is 0 Å². The second kappa shape index (κ2) is 5.63. The van der Waals surface area contributed by atoms with Crippen molar-refractivity contribution >= 4 is 22.7 Å². The van der Waals surface area contributed by atoms with Crippen LogP contribution < -0.4 is 5.32 Å². The number of anilines is 1. The summed E-state index contributed by atoms with van der Waals surface area (Å²) in [5.74, 6) is 0. The van der Waals surface area contributed by atoms with E-state index in [0.717, 1.165) is 5.56 Å². The number of rotatable bonds is 4. The number of hydrogen-bond acceptors (Lipinski definition) is 4. The molecule has 2 aromatic rings. The first-order valence-electron chi connectivity index (χ1n) is 6.47. The molecule has 1 heterocycles. The maximum atomic E-state index is 11.1. The number of hydrogen-bond donors (Lipinski definition) is 1. The van der Waals surface area contributed by atoms with Crippen molar-refractivity contribution in [1.29, 1.82) is 0 Å². The quantitative estimate of drug-likeness (QED) is 0.652. The average Bonchev–Trinajstić information content (AvgIpc) is 2.68. The van der Waals surface area contributed by atoms with Gasteiger partial charge < -0.3 is 5.32 Å². The molecule has 0 saturated carbocycles. The summed E-state index contributed by atoms with van der Waals surface area (Å²) in [4.78, 5) is 13.2. The molecule has 1 aromatic carbocycles. The van der Waals surface area contributed by atoms with E-state index in [0.29, 0.717) is 5.69 Å². The zero-order chi connectivity index (χ0) is 14.9. The monoisotopic (exact) mass is 290 g/mol. The van der Waals surface area contributed by atoms with E-state index in [-0.39, 0.29) is 16.7 Å². The molecule has 2 rings (SSSR count). The molecule has 0 radical (unpaired) electrons. The van der Waals surface area contributed by atoms with Gasteiger partial charge >= 0.3 is 0 Å². The first-order valence-corrected chi connectivity index (χ1v) is 7.28. The summed E-state index contributed by atoms with van der Waals surface area (Å²) in [7, 11) is 0. The summed E-state index contributed by atoms with van der Waals surface area (Å²) < 4.78 is 0. The third kappa shape index (κ3) is 2.99. The lowest BCUT2D eigenvalue weighted by molar-refractivity contribution is -0.384.